The highest BCUT2D eigenvalue weighted by Gasteiger charge is 2.39. The Morgan fingerprint density at radius 3 is 2.19 bits per heavy atom. The number of anilines is 1. The summed E-state index contributed by atoms with van der Waals surface area (Å²) in [6.45, 7) is 5.41. The van der Waals surface area contributed by atoms with E-state index in [2.05, 4.69) is 5.18 Å². The molecule has 0 aromatic heterocycles. The number of nitrogens with one attached hydrogen (secondary N) is 1. The van der Waals surface area contributed by atoms with Gasteiger partial charge in [0.15, 0.2) is 11.4 Å². The SMILES string of the molecule is COc1c(N=O)cc(C(C)(C)C)cc1NC(=O)C(F)(F)F. The van der Waals surface area contributed by atoms with Crippen LogP contribution in [0.15, 0.2) is 17.3 Å². The molecule has 1 aromatic carbocycles. The number of methoxy groups -OCH3 is 1. The van der Waals surface area contributed by atoms with E-state index in [1.54, 1.807) is 26.1 Å². The number of nitrogens with zero attached hydrogens (tertiary/aromatic N) is 1. The maximum absolute atomic E-state index is 12.3. The highest BCUT2D eigenvalue weighted by atomic mass is 19.4. The van der Waals surface area contributed by atoms with Crippen LogP contribution in [0.5, 0.6) is 5.75 Å². The van der Waals surface area contributed by atoms with Crippen molar-refractivity contribution in [3.8, 4) is 5.75 Å². The van der Waals surface area contributed by atoms with Crippen molar-refractivity contribution in [3.05, 3.63) is 22.6 Å². The molecule has 0 spiro atoms. The Bertz CT molecular complexity index is 563. The number of ether oxygens (including phenoxy) is 1. The van der Waals surface area contributed by atoms with Gasteiger partial charge < -0.3 is 10.1 Å². The van der Waals surface area contributed by atoms with E-state index < -0.39 is 17.5 Å². The van der Waals surface area contributed by atoms with Crippen LogP contribution in [-0.4, -0.2) is 19.2 Å². The molecule has 21 heavy (non-hydrogen) atoms. The lowest BCUT2D eigenvalue weighted by Crippen LogP contribution is -2.30. The fraction of sp³-hybridized carbons (Fsp3) is 0.462. The van der Waals surface area contributed by atoms with E-state index >= 15 is 0 Å². The number of carbonyl (C=O) groups excluding carboxylic acids is 1. The molecule has 0 radical (unpaired) electrons. The van der Waals surface area contributed by atoms with Gasteiger partial charge in [0.1, 0.15) is 0 Å². The molecule has 1 amide bonds. The monoisotopic (exact) mass is 304 g/mol. The third kappa shape index (κ3) is 3.93. The molecule has 8 heteroatoms. The highest BCUT2D eigenvalue weighted by molar-refractivity contribution is 5.97. The molecule has 1 rings (SSSR count). The van der Waals surface area contributed by atoms with Gasteiger partial charge in [0.25, 0.3) is 0 Å². The van der Waals surface area contributed by atoms with Gasteiger partial charge in [-0.25, -0.2) is 0 Å². The van der Waals surface area contributed by atoms with Gasteiger partial charge in [-0.15, -0.1) is 4.91 Å². The lowest BCUT2D eigenvalue weighted by molar-refractivity contribution is -0.167. The third-order valence-electron chi connectivity index (χ3n) is 2.74. The van der Waals surface area contributed by atoms with Crippen LogP contribution in [0.4, 0.5) is 24.5 Å². The number of benzene rings is 1. The number of carbonyl (C=O) groups is 1. The van der Waals surface area contributed by atoms with Crippen LogP contribution in [0.3, 0.4) is 0 Å². The van der Waals surface area contributed by atoms with Crippen LogP contribution in [-0.2, 0) is 10.2 Å². The average molecular weight is 304 g/mol. The first-order valence-corrected chi connectivity index (χ1v) is 5.94. The summed E-state index contributed by atoms with van der Waals surface area (Å²) in [6.07, 6.45) is -5.04. The van der Waals surface area contributed by atoms with Crippen molar-refractivity contribution in [2.75, 3.05) is 12.4 Å². The summed E-state index contributed by atoms with van der Waals surface area (Å²) < 4.78 is 41.9. The summed E-state index contributed by atoms with van der Waals surface area (Å²) in [6, 6.07) is 2.74. The second-order valence-electron chi connectivity index (χ2n) is 5.37. The van der Waals surface area contributed by atoms with Crippen LogP contribution < -0.4 is 10.1 Å². The Morgan fingerprint density at radius 1 is 1.24 bits per heavy atom. The van der Waals surface area contributed by atoms with Gasteiger partial charge in [-0.05, 0) is 28.3 Å². The molecule has 116 valence electrons. The predicted octanol–water partition coefficient (Wildman–Crippen LogP) is 3.89. The topological polar surface area (TPSA) is 67.8 Å². The lowest BCUT2D eigenvalue weighted by atomic mass is 9.86. The van der Waals surface area contributed by atoms with Crippen LogP contribution in [0.25, 0.3) is 0 Å². The van der Waals surface area contributed by atoms with E-state index in [-0.39, 0.29) is 17.1 Å². The number of alkyl halides is 3. The number of rotatable bonds is 3. The molecule has 0 atom stereocenters. The van der Waals surface area contributed by atoms with Gasteiger partial charge in [-0.3, -0.25) is 4.79 Å². The van der Waals surface area contributed by atoms with Crippen molar-refractivity contribution in [2.24, 2.45) is 5.18 Å². The molecule has 5 nitrogen and oxygen atoms in total. The molecule has 0 unspecified atom stereocenters. The van der Waals surface area contributed by atoms with Crippen LogP contribution in [0.1, 0.15) is 26.3 Å². The summed E-state index contributed by atoms with van der Waals surface area (Å²) in [5.41, 5.74) is -0.344. The first kappa shape index (κ1) is 16.9. The summed E-state index contributed by atoms with van der Waals surface area (Å²) >= 11 is 0. The highest BCUT2D eigenvalue weighted by Crippen LogP contribution is 2.40. The van der Waals surface area contributed by atoms with Crippen LogP contribution >= 0.6 is 0 Å². The van der Waals surface area contributed by atoms with Crippen molar-refractivity contribution in [1.82, 2.24) is 0 Å². The van der Waals surface area contributed by atoms with Gasteiger partial charge in [-0.2, -0.15) is 13.2 Å². The van der Waals surface area contributed by atoms with Crippen molar-refractivity contribution < 1.29 is 22.7 Å². The largest absolute Gasteiger partial charge is 0.492 e. The van der Waals surface area contributed by atoms with E-state index in [1.807, 2.05) is 0 Å². The number of halogens is 3. The third-order valence-corrected chi connectivity index (χ3v) is 2.74. The quantitative estimate of drug-likeness (QED) is 0.861. The van der Waals surface area contributed by atoms with Gasteiger partial charge in [0.2, 0.25) is 0 Å². The molecule has 0 saturated heterocycles. The summed E-state index contributed by atoms with van der Waals surface area (Å²) in [5.74, 6) is -2.36. The fourth-order valence-corrected chi connectivity index (χ4v) is 1.61. The fourth-order valence-electron chi connectivity index (χ4n) is 1.61. The minimum Gasteiger partial charge on any atom is -0.492 e. The molecule has 0 aliphatic heterocycles. The molecule has 0 aliphatic carbocycles. The zero-order chi connectivity index (χ0) is 16.4. The summed E-state index contributed by atoms with van der Waals surface area (Å²) in [7, 11) is 1.17. The molecule has 1 N–H and O–H groups in total. The molecule has 0 saturated carbocycles. The van der Waals surface area contributed by atoms with E-state index in [1.165, 1.54) is 19.2 Å². The van der Waals surface area contributed by atoms with E-state index in [4.69, 9.17) is 4.74 Å². The molecule has 1 aromatic rings. The molecule has 0 aliphatic rings. The Balaban J connectivity index is 3.41. The first-order chi connectivity index (χ1) is 9.50. The minimum absolute atomic E-state index is 0.178. The number of hydrogen-bond donors (Lipinski definition) is 1. The van der Waals surface area contributed by atoms with Crippen molar-refractivity contribution in [3.63, 3.8) is 0 Å². The van der Waals surface area contributed by atoms with Gasteiger partial charge in [-0.1, -0.05) is 20.8 Å². The maximum atomic E-state index is 12.3. The molecule has 0 heterocycles. The van der Waals surface area contributed by atoms with Crippen molar-refractivity contribution in [1.29, 1.82) is 0 Å². The van der Waals surface area contributed by atoms with E-state index in [9.17, 15) is 22.9 Å². The second-order valence-corrected chi connectivity index (χ2v) is 5.37. The number of nitroso groups, excluding NO2 is 1. The van der Waals surface area contributed by atoms with Gasteiger partial charge >= 0.3 is 12.1 Å². The Hall–Kier alpha value is -2.12. The maximum Gasteiger partial charge on any atom is 0.471 e. The molecular formula is C13H15F3N2O3. The summed E-state index contributed by atoms with van der Waals surface area (Å²) in [5, 5.41) is 4.44. The smallest absolute Gasteiger partial charge is 0.471 e. The van der Waals surface area contributed by atoms with E-state index in [0.29, 0.717) is 5.56 Å². The Labute approximate surface area is 119 Å². The summed E-state index contributed by atoms with van der Waals surface area (Å²) in [4.78, 5) is 21.9. The number of amides is 1. The second kappa shape index (κ2) is 5.71. The minimum atomic E-state index is -5.04. The predicted molar refractivity (Wildman–Crippen MR) is 71.8 cm³/mol. The van der Waals surface area contributed by atoms with E-state index in [0.717, 1.165) is 0 Å². The standard InChI is InChI=1S/C13H15F3N2O3/c1-12(2,3)7-5-8(17-11(19)13(14,15)16)10(21-4)9(6-7)18-20/h5-6H,1-4H3,(H,17,19). The molecule has 0 bridgehead atoms. The first-order valence-electron chi connectivity index (χ1n) is 5.94. The van der Waals surface area contributed by atoms with Crippen LogP contribution in [0.2, 0.25) is 0 Å². The zero-order valence-corrected chi connectivity index (χ0v) is 12.0. The van der Waals surface area contributed by atoms with Crippen LogP contribution in [0, 0.1) is 4.91 Å². The van der Waals surface area contributed by atoms with Crippen molar-refractivity contribution >= 4 is 17.3 Å². The number of hydrogen-bond acceptors (Lipinski definition) is 4. The van der Waals surface area contributed by atoms with Gasteiger partial charge in [0.05, 0.1) is 12.8 Å². The molecular weight excluding hydrogens is 289 g/mol. The normalized spacial score (nSPS) is 12.0. The Morgan fingerprint density at radius 2 is 1.81 bits per heavy atom. The lowest BCUT2D eigenvalue weighted by Gasteiger charge is -2.22. The Kier molecular flexibility index (Phi) is 4.60. The van der Waals surface area contributed by atoms with Gasteiger partial charge in [0, 0.05) is 0 Å². The van der Waals surface area contributed by atoms with Crippen molar-refractivity contribution in [2.45, 2.75) is 32.4 Å². The zero-order valence-electron chi connectivity index (χ0n) is 12.0. The molecule has 0 fully saturated rings. The average Bonchev–Trinajstić information content (AvgIpc) is 2.35.